The summed E-state index contributed by atoms with van der Waals surface area (Å²) < 4.78 is 19.1. The lowest BCUT2D eigenvalue weighted by Crippen LogP contribution is -2.38. The van der Waals surface area contributed by atoms with Crippen molar-refractivity contribution in [1.29, 1.82) is 0 Å². The monoisotopic (exact) mass is 550 g/mol. The molecule has 5 heteroatoms. The second kappa shape index (κ2) is 12.6. The minimum absolute atomic E-state index is 0.643. The van der Waals surface area contributed by atoms with Crippen molar-refractivity contribution in [2.75, 3.05) is 0 Å². The van der Waals surface area contributed by atoms with Crippen molar-refractivity contribution in [2.24, 2.45) is 0 Å². The molecule has 198 valence electrons. The lowest BCUT2D eigenvalue weighted by molar-refractivity contribution is 0.308. The van der Waals surface area contributed by atoms with Gasteiger partial charge in [0, 0.05) is 10.9 Å². The predicted octanol–water partition coefficient (Wildman–Crippen LogP) is 8.71. The Hall–Kier alpha value is -4.79. The molecule has 3 nitrogen and oxygen atoms in total. The lowest BCUT2D eigenvalue weighted by Gasteiger charge is -2.23. The van der Waals surface area contributed by atoms with Crippen molar-refractivity contribution < 1.29 is 14.0 Å². The molecule has 0 heterocycles. The molecule has 0 saturated carbocycles. The third-order valence-electron chi connectivity index (χ3n) is 6.71. The summed E-state index contributed by atoms with van der Waals surface area (Å²) in [5.74, 6) is 1.93. The van der Waals surface area contributed by atoms with Gasteiger partial charge in [0.15, 0.2) is 0 Å². The molecule has 0 fully saturated rings. The molecule has 41 heavy (non-hydrogen) atoms. The van der Waals surface area contributed by atoms with Crippen LogP contribution in [0.4, 0.5) is 0 Å². The average molecular weight is 550 g/mol. The van der Waals surface area contributed by atoms with Gasteiger partial charge in [-0.3, -0.25) is 0 Å². The van der Waals surface area contributed by atoms with Crippen LogP contribution in [0, 0.1) is 0 Å². The zero-order chi connectivity index (χ0) is 27.9. The fraction of sp³-hybridized carbons (Fsp3) is 0. The van der Waals surface area contributed by atoms with Gasteiger partial charge in [-0.2, -0.15) is 0 Å². The molecule has 0 N–H and O–H groups in total. The van der Waals surface area contributed by atoms with Gasteiger partial charge in [0.25, 0.3) is 0 Å². The predicted molar refractivity (Wildman–Crippen MR) is 173 cm³/mol. The molecule has 0 amide bonds. The van der Waals surface area contributed by atoms with Crippen LogP contribution in [-0.4, -0.2) is 7.32 Å². The standard InChI is InChI=1S/C36H28BO3P/c41-36-33(40-37(38-30-22-12-4-13-23-30)39-31-24-14-5-15-25-31)26-32(27-16-6-1-7-17-27)34(28-18-8-2-9-19-28)35(36)29-20-10-3-11-21-29/h1-26H,41H2. The van der Waals surface area contributed by atoms with E-state index in [1.54, 1.807) is 0 Å². The van der Waals surface area contributed by atoms with Gasteiger partial charge in [0.05, 0.1) is 0 Å². The second-order valence-corrected chi connectivity index (χ2v) is 10.0. The highest BCUT2D eigenvalue weighted by molar-refractivity contribution is 7.28. The molecule has 0 saturated heterocycles. The van der Waals surface area contributed by atoms with Crippen LogP contribution in [0.1, 0.15) is 0 Å². The van der Waals surface area contributed by atoms with Crippen molar-refractivity contribution in [2.45, 2.75) is 0 Å². The number of benzene rings is 6. The van der Waals surface area contributed by atoms with E-state index >= 15 is 0 Å². The highest BCUT2D eigenvalue weighted by atomic mass is 31.0. The number of para-hydroxylation sites is 2. The van der Waals surface area contributed by atoms with Gasteiger partial charge in [-0.1, -0.05) is 127 Å². The van der Waals surface area contributed by atoms with E-state index < -0.39 is 7.32 Å². The van der Waals surface area contributed by atoms with Gasteiger partial charge < -0.3 is 14.0 Å². The molecule has 6 aromatic rings. The van der Waals surface area contributed by atoms with Crippen molar-refractivity contribution in [1.82, 2.24) is 0 Å². The fourth-order valence-corrected chi connectivity index (χ4v) is 5.28. The van der Waals surface area contributed by atoms with E-state index in [9.17, 15) is 0 Å². The molecule has 0 spiro atoms. The number of hydrogen-bond donors (Lipinski definition) is 0. The summed E-state index contributed by atoms with van der Waals surface area (Å²) in [4.78, 5) is 0. The van der Waals surface area contributed by atoms with Gasteiger partial charge in [-0.05, 0) is 58.1 Å². The summed E-state index contributed by atoms with van der Waals surface area (Å²) in [6.07, 6.45) is 0. The first-order chi connectivity index (χ1) is 20.3. The maximum absolute atomic E-state index is 6.60. The maximum atomic E-state index is 6.60. The zero-order valence-electron chi connectivity index (χ0n) is 22.4. The Labute approximate surface area is 243 Å². The molecule has 0 aliphatic carbocycles. The molecule has 6 aromatic carbocycles. The van der Waals surface area contributed by atoms with Crippen molar-refractivity contribution >= 4 is 21.9 Å². The lowest BCUT2D eigenvalue weighted by atomic mass is 9.87. The van der Waals surface area contributed by atoms with Crippen molar-refractivity contribution in [3.63, 3.8) is 0 Å². The molecule has 0 aromatic heterocycles. The maximum Gasteiger partial charge on any atom is 0.864 e. The Balaban J connectivity index is 1.53. The van der Waals surface area contributed by atoms with Crippen LogP contribution in [0.2, 0.25) is 0 Å². The average Bonchev–Trinajstić information content (AvgIpc) is 3.04. The van der Waals surface area contributed by atoms with E-state index in [0.717, 1.165) is 38.7 Å². The molecular formula is C36H28BO3P. The first-order valence-electron chi connectivity index (χ1n) is 13.5. The summed E-state index contributed by atoms with van der Waals surface area (Å²) in [7, 11) is 1.88. The quantitative estimate of drug-likeness (QED) is 0.133. The van der Waals surface area contributed by atoms with Crippen LogP contribution in [0.3, 0.4) is 0 Å². The van der Waals surface area contributed by atoms with E-state index in [1.165, 1.54) is 0 Å². The summed E-state index contributed by atoms with van der Waals surface area (Å²) >= 11 is 0. The molecule has 1 unspecified atom stereocenters. The minimum atomic E-state index is -1.03. The Kier molecular flexibility index (Phi) is 8.12. The highest BCUT2D eigenvalue weighted by Crippen LogP contribution is 2.43. The molecule has 6 rings (SSSR count). The van der Waals surface area contributed by atoms with Crippen LogP contribution in [-0.2, 0) is 0 Å². The molecule has 0 bridgehead atoms. The Morgan fingerprint density at radius 1 is 0.415 bits per heavy atom. The fourth-order valence-electron chi connectivity index (χ4n) is 4.82. The summed E-state index contributed by atoms with van der Waals surface area (Å²) in [6.45, 7) is 0. The molecule has 0 aliphatic rings. The van der Waals surface area contributed by atoms with E-state index in [2.05, 4.69) is 88.1 Å². The van der Waals surface area contributed by atoms with Crippen molar-refractivity contribution in [3.8, 4) is 50.6 Å². The van der Waals surface area contributed by atoms with Gasteiger partial charge >= 0.3 is 7.32 Å². The smallest absolute Gasteiger partial charge is 0.490 e. The Bertz CT molecular complexity index is 1660. The van der Waals surface area contributed by atoms with Gasteiger partial charge in [-0.15, -0.1) is 9.24 Å². The number of rotatable bonds is 9. The van der Waals surface area contributed by atoms with Crippen LogP contribution >= 0.6 is 9.24 Å². The summed E-state index contributed by atoms with van der Waals surface area (Å²) in [6, 6.07) is 52.5. The van der Waals surface area contributed by atoms with E-state index in [0.29, 0.717) is 17.2 Å². The van der Waals surface area contributed by atoms with Gasteiger partial charge in [0.1, 0.15) is 17.2 Å². The zero-order valence-corrected chi connectivity index (χ0v) is 23.5. The van der Waals surface area contributed by atoms with E-state index in [1.807, 2.05) is 78.9 Å². The minimum Gasteiger partial charge on any atom is -0.490 e. The first-order valence-corrected chi connectivity index (χ1v) is 14.1. The largest absolute Gasteiger partial charge is 0.864 e. The van der Waals surface area contributed by atoms with Gasteiger partial charge in [-0.25, -0.2) is 0 Å². The first kappa shape index (κ1) is 26.4. The highest BCUT2D eigenvalue weighted by Gasteiger charge is 2.32. The SMILES string of the molecule is Pc1c(OB(Oc2ccccc2)Oc2ccccc2)cc(-c2ccccc2)c(-c2ccccc2)c1-c1ccccc1. The molecular weight excluding hydrogens is 522 g/mol. The van der Waals surface area contributed by atoms with Crippen LogP contribution in [0.25, 0.3) is 33.4 Å². The molecule has 0 aliphatic heterocycles. The normalized spacial score (nSPS) is 10.6. The molecule has 0 radical (unpaired) electrons. The van der Waals surface area contributed by atoms with Crippen LogP contribution < -0.4 is 19.3 Å². The third-order valence-corrected chi connectivity index (χ3v) is 7.29. The van der Waals surface area contributed by atoms with E-state index in [4.69, 9.17) is 14.0 Å². The Morgan fingerprint density at radius 3 is 1.27 bits per heavy atom. The van der Waals surface area contributed by atoms with E-state index in [-0.39, 0.29) is 0 Å². The number of hydrogen-bond acceptors (Lipinski definition) is 3. The van der Waals surface area contributed by atoms with Crippen LogP contribution in [0.5, 0.6) is 17.2 Å². The molecule has 1 atom stereocenters. The topological polar surface area (TPSA) is 27.7 Å². The second-order valence-electron chi connectivity index (χ2n) is 9.45. The van der Waals surface area contributed by atoms with Crippen molar-refractivity contribution in [3.05, 3.63) is 158 Å². The third kappa shape index (κ3) is 6.19. The Morgan fingerprint density at radius 2 is 0.805 bits per heavy atom. The van der Waals surface area contributed by atoms with Gasteiger partial charge in [0.2, 0.25) is 0 Å². The van der Waals surface area contributed by atoms with Crippen LogP contribution in [0.15, 0.2) is 158 Å². The summed E-state index contributed by atoms with van der Waals surface area (Å²) in [5.41, 5.74) is 6.54. The summed E-state index contributed by atoms with van der Waals surface area (Å²) in [5, 5.41) is 0.910.